The summed E-state index contributed by atoms with van der Waals surface area (Å²) in [6.07, 6.45) is 1.21. The molecule has 0 saturated carbocycles. The van der Waals surface area contributed by atoms with Gasteiger partial charge in [0.25, 0.3) is 9.84 Å². The van der Waals surface area contributed by atoms with Crippen molar-refractivity contribution in [2.75, 3.05) is 62.3 Å². The highest BCUT2D eigenvalue weighted by molar-refractivity contribution is 7.99. The van der Waals surface area contributed by atoms with Crippen LogP contribution in [0.25, 0.3) is 11.1 Å². The van der Waals surface area contributed by atoms with Crippen LogP contribution in [0.2, 0.25) is 5.02 Å². The molecule has 0 bridgehead atoms. The average Bonchev–Trinajstić information content (AvgIpc) is 3.30. The minimum Gasteiger partial charge on any atom is -0.388 e. The first-order chi connectivity index (χ1) is 30.6. The summed E-state index contributed by atoms with van der Waals surface area (Å²) >= 11 is 7.61. The maximum atomic E-state index is 14.2. The maximum absolute atomic E-state index is 14.2. The van der Waals surface area contributed by atoms with E-state index in [2.05, 4.69) is 9.80 Å². The molecule has 0 radical (unpaired) electrons. The number of benzene rings is 5. The van der Waals surface area contributed by atoms with E-state index in [-0.39, 0.29) is 29.4 Å². The molecule has 5 aromatic carbocycles. The van der Waals surface area contributed by atoms with Gasteiger partial charge in [-0.3, -0.25) is 9.69 Å². The minimum absolute atomic E-state index is 0.00288. The third kappa shape index (κ3) is 11.8. The van der Waals surface area contributed by atoms with E-state index in [1.54, 1.807) is 12.1 Å². The first-order valence-corrected chi connectivity index (χ1v) is 25.6. The van der Waals surface area contributed by atoms with Gasteiger partial charge in [0.15, 0.2) is 15.6 Å². The molecule has 2 aliphatic heterocycles. The number of carbonyl (C=O) groups excluding carboxylic acids is 1. The van der Waals surface area contributed by atoms with Crippen molar-refractivity contribution in [2.24, 2.45) is 11.8 Å². The highest BCUT2D eigenvalue weighted by Gasteiger charge is 2.48. The fourth-order valence-electron chi connectivity index (χ4n) is 8.32. The van der Waals surface area contributed by atoms with Gasteiger partial charge in [-0.15, -0.1) is 11.8 Å². The number of anilines is 1. The lowest BCUT2D eigenvalue weighted by molar-refractivity contribution is -0.0436. The van der Waals surface area contributed by atoms with E-state index in [4.69, 9.17) is 16.3 Å². The van der Waals surface area contributed by atoms with Gasteiger partial charge in [-0.05, 0) is 127 Å². The van der Waals surface area contributed by atoms with Crippen molar-refractivity contribution in [3.8, 4) is 11.1 Å². The molecular formula is C48H50ClF3N2O7S3. The summed E-state index contributed by atoms with van der Waals surface area (Å²) in [6, 6.07) is 33.9. The number of sulfone groups is 2. The molecule has 0 unspecified atom stereocenters. The summed E-state index contributed by atoms with van der Waals surface area (Å²) in [7, 11) is -10.6. The normalized spacial score (nSPS) is 16.7. The Balaban J connectivity index is 1.02. The van der Waals surface area contributed by atoms with Gasteiger partial charge < -0.3 is 14.7 Å². The molecule has 1 N–H and O–H groups in total. The number of ketones is 1. The van der Waals surface area contributed by atoms with Crippen LogP contribution < -0.4 is 4.90 Å². The number of halogens is 4. The standard InChI is InChI=1S/C48H50ClF3N2O7S3/c49-39-15-10-35(11-16-39)43-8-4-5-9-44(43)47(56)37-21-24-54(25-22-37)40-17-12-36(13-18-40)45(55)33-63(57,58)42-19-14-38(46(31-42)64(59,60)48(50,51)52)30-34(20-23-53-26-28-61-29-27-53)32-62-41-6-2-1-3-7-41/h1-19,31,34,37,47,56H,20-30,32-33H2/t34-,47+/m0/s1. The number of Topliss-reactive ketones (excluding diaryl/α,β-unsaturated/α-hetero) is 1. The van der Waals surface area contributed by atoms with Crippen LogP contribution >= 0.6 is 23.4 Å². The van der Waals surface area contributed by atoms with Crippen molar-refractivity contribution in [3.63, 3.8) is 0 Å². The molecule has 9 nitrogen and oxygen atoms in total. The van der Waals surface area contributed by atoms with Crippen LogP contribution in [-0.4, -0.2) is 95.6 Å². The SMILES string of the molecule is O=C(CS(=O)(=O)c1ccc(C[C@H](CCN2CCOCC2)CSc2ccccc2)c(S(=O)(=O)C(F)(F)F)c1)c1ccc(N2CCC([C@@H](O)c3ccccc3-c3ccc(Cl)cc3)CC2)cc1. The number of ether oxygens (including phenoxy) is 1. The highest BCUT2D eigenvalue weighted by Crippen LogP contribution is 2.39. The van der Waals surface area contributed by atoms with Crippen molar-refractivity contribution in [1.82, 2.24) is 4.90 Å². The summed E-state index contributed by atoms with van der Waals surface area (Å²) in [5, 5.41) is 12.1. The van der Waals surface area contributed by atoms with Gasteiger partial charge in [-0.1, -0.05) is 72.3 Å². The highest BCUT2D eigenvalue weighted by atomic mass is 35.5. The second-order valence-electron chi connectivity index (χ2n) is 16.2. The van der Waals surface area contributed by atoms with E-state index >= 15 is 0 Å². The molecule has 0 aromatic heterocycles. The number of thioether (sulfide) groups is 1. The van der Waals surface area contributed by atoms with Crippen LogP contribution in [0.4, 0.5) is 18.9 Å². The maximum Gasteiger partial charge on any atom is 0.501 e. The number of alkyl halides is 3. The Kier molecular flexibility index (Phi) is 15.6. The smallest absolute Gasteiger partial charge is 0.388 e. The largest absolute Gasteiger partial charge is 0.501 e. The number of morpholine rings is 1. The molecule has 2 heterocycles. The van der Waals surface area contributed by atoms with E-state index in [1.165, 1.54) is 23.9 Å². The van der Waals surface area contributed by atoms with Crippen molar-refractivity contribution in [1.29, 1.82) is 0 Å². The molecular weight excluding hydrogens is 905 g/mol. The summed E-state index contributed by atoms with van der Waals surface area (Å²) in [6.45, 7) is 4.43. The second kappa shape index (κ2) is 21.0. The van der Waals surface area contributed by atoms with E-state index < -0.39 is 52.6 Å². The van der Waals surface area contributed by atoms with Crippen molar-refractivity contribution >= 4 is 54.5 Å². The van der Waals surface area contributed by atoms with Crippen LogP contribution in [0.5, 0.6) is 0 Å². The lowest BCUT2D eigenvalue weighted by Gasteiger charge is -2.36. The third-order valence-electron chi connectivity index (χ3n) is 12.0. The Hall–Kier alpha value is -4.22. The molecule has 7 rings (SSSR count). The van der Waals surface area contributed by atoms with Crippen molar-refractivity contribution in [3.05, 3.63) is 143 Å². The first kappa shape index (κ1) is 47.7. The van der Waals surface area contributed by atoms with Gasteiger partial charge in [0.2, 0.25) is 0 Å². The van der Waals surface area contributed by atoms with Crippen molar-refractivity contribution < 1.29 is 44.6 Å². The number of hydrogen-bond donors (Lipinski definition) is 1. The number of hydrogen-bond acceptors (Lipinski definition) is 10. The molecule has 2 fully saturated rings. The predicted molar refractivity (Wildman–Crippen MR) is 246 cm³/mol. The van der Waals surface area contributed by atoms with Crippen LogP contribution in [0, 0.1) is 11.8 Å². The molecule has 340 valence electrons. The Bertz CT molecular complexity index is 2590. The van der Waals surface area contributed by atoms with Gasteiger partial charge in [-0.25, -0.2) is 16.8 Å². The number of aliphatic hydroxyl groups is 1. The van der Waals surface area contributed by atoms with Crippen LogP contribution in [0.3, 0.4) is 0 Å². The Morgan fingerprint density at radius 2 is 1.48 bits per heavy atom. The zero-order chi connectivity index (χ0) is 45.5. The summed E-state index contributed by atoms with van der Waals surface area (Å²) in [5.74, 6) is -1.65. The molecule has 0 spiro atoms. The molecule has 2 atom stereocenters. The number of rotatable bonds is 17. The summed E-state index contributed by atoms with van der Waals surface area (Å²) in [5.41, 5.74) is -2.21. The topological polar surface area (TPSA) is 121 Å². The molecule has 64 heavy (non-hydrogen) atoms. The van der Waals surface area contributed by atoms with Crippen LogP contribution in [0.15, 0.2) is 136 Å². The zero-order valence-corrected chi connectivity index (χ0v) is 38.2. The minimum atomic E-state index is -5.98. The van der Waals surface area contributed by atoms with E-state index in [1.807, 2.05) is 78.9 Å². The zero-order valence-electron chi connectivity index (χ0n) is 35.0. The second-order valence-corrected chi connectivity index (χ2v) is 21.7. The Labute approximate surface area is 382 Å². The predicted octanol–water partition coefficient (Wildman–Crippen LogP) is 9.58. The first-order valence-electron chi connectivity index (χ1n) is 21.2. The number of aliphatic hydroxyl groups excluding tert-OH is 1. The third-order valence-corrected chi connectivity index (χ3v) is 16.7. The van der Waals surface area contributed by atoms with Gasteiger partial charge >= 0.3 is 5.51 Å². The summed E-state index contributed by atoms with van der Waals surface area (Å²) < 4.78 is 102. The van der Waals surface area contributed by atoms with E-state index in [0.29, 0.717) is 82.0 Å². The molecule has 0 aliphatic carbocycles. The van der Waals surface area contributed by atoms with Crippen LogP contribution in [-0.2, 0) is 30.8 Å². The average molecular weight is 956 g/mol. The van der Waals surface area contributed by atoms with E-state index in [9.17, 15) is 39.9 Å². The lowest BCUT2D eigenvalue weighted by Crippen LogP contribution is -2.37. The number of carbonyl (C=O) groups is 1. The number of piperidine rings is 1. The lowest BCUT2D eigenvalue weighted by atomic mass is 9.84. The molecule has 16 heteroatoms. The fraction of sp³-hybridized carbons (Fsp3) is 0.354. The van der Waals surface area contributed by atoms with Gasteiger partial charge in [0.1, 0.15) is 5.75 Å². The number of nitrogens with zero attached hydrogens (tertiary/aromatic N) is 2. The fourth-order valence-corrected chi connectivity index (χ4v) is 11.9. The summed E-state index contributed by atoms with van der Waals surface area (Å²) in [4.78, 5) is 16.9. The Morgan fingerprint density at radius 1 is 0.828 bits per heavy atom. The van der Waals surface area contributed by atoms with Gasteiger partial charge in [0.05, 0.1) is 29.1 Å². The van der Waals surface area contributed by atoms with E-state index in [0.717, 1.165) is 39.4 Å². The van der Waals surface area contributed by atoms with Crippen molar-refractivity contribution in [2.45, 2.75) is 52.0 Å². The molecule has 5 aromatic rings. The van der Waals surface area contributed by atoms with Crippen LogP contribution in [0.1, 0.15) is 46.9 Å². The molecule has 2 saturated heterocycles. The molecule has 0 amide bonds. The van der Waals surface area contributed by atoms with Gasteiger partial charge in [-0.2, -0.15) is 13.2 Å². The quantitative estimate of drug-likeness (QED) is 0.0713. The van der Waals surface area contributed by atoms with Gasteiger partial charge in [0, 0.05) is 53.1 Å². The monoisotopic (exact) mass is 954 g/mol. The molecule has 2 aliphatic rings. The Morgan fingerprint density at radius 3 is 2.16 bits per heavy atom.